The molecule has 0 unspecified atom stereocenters. The summed E-state index contributed by atoms with van der Waals surface area (Å²) in [5, 5.41) is 13.4. The van der Waals surface area contributed by atoms with Crippen molar-refractivity contribution < 1.29 is 4.52 Å². The fourth-order valence-electron chi connectivity index (χ4n) is 2.64. The second kappa shape index (κ2) is 7.13. The lowest BCUT2D eigenvalue weighted by Crippen LogP contribution is -1.99. The van der Waals surface area contributed by atoms with Gasteiger partial charge in [0.05, 0.1) is 5.75 Å². The van der Waals surface area contributed by atoms with E-state index in [1.807, 2.05) is 54.0 Å². The Kier molecular flexibility index (Phi) is 4.53. The maximum atomic E-state index is 5.37. The third kappa shape index (κ3) is 3.39. The van der Waals surface area contributed by atoms with Crippen molar-refractivity contribution in [1.29, 1.82) is 0 Å². The van der Waals surface area contributed by atoms with Gasteiger partial charge in [-0.3, -0.25) is 4.57 Å². The molecule has 0 atom stereocenters. The van der Waals surface area contributed by atoms with Crippen LogP contribution in [0.4, 0.5) is 0 Å². The molecule has 6 nitrogen and oxygen atoms in total. The van der Waals surface area contributed by atoms with E-state index in [1.54, 1.807) is 0 Å². The minimum Gasteiger partial charge on any atom is -0.338 e. The third-order valence-electron chi connectivity index (χ3n) is 3.88. The second-order valence-electron chi connectivity index (χ2n) is 5.87. The quantitative estimate of drug-likeness (QED) is 0.494. The highest BCUT2D eigenvalue weighted by molar-refractivity contribution is 7.98. The number of aromatic nitrogens is 5. The Labute approximate surface area is 155 Å². The van der Waals surface area contributed by atoms with Gasteiger partial charge in [-0.15, -0.1) is 10.2 Å². The number of hydrogen-bond donors (Lipinski definition) is 0. The first-order chi connectivity index (χ1) is 12.7. The molecule has 0 fully saturated rings. The highest BCUT2D eigenvalue weighted by Crippen LogP contribution is 2.26. The first-order valence-corrected chi connectivity index (χ1v) is 9.19. The Morgan fingerprint density at radius 2 is 1.85 bits per heavy atom. The molecule has 0 radical (unpaired) electrons. The fraction of sp³-hybridized carbons (Fsp3) is 0.158. The molecule has 4 aromatic rings. The van der Waals surface area contributed by atoms with Crippen molar-refractivity contribution >= 4 is 11.8 Å². The van der Waals surface area contributed by atoms with Gasteiger partial charge in [-0.05, 0) is 31.5 Å². The zero-order chi connectivity index (χ0) is 17.9. The number of thioether (sulfide) groups is 1. The van der Waals surface area contributed by atoms with Crippen molar-refractivity contribution in [1.82, 2.24) is 24.9 Å². The second-order valence-corrected chi connectivity index (χ2v) is 6.81. The highest BCUT2D eigenvalue weighted by Gasteiger charge is 2.14. The van der Waals surface area contributed by atoms with Crippen molar-refractivity contribution in [3.05, 3.63) is 71.9 Å². The Morgan fingerprint density at radius 1 is 1.00 bits per heavy atom. The number of benzene rings is 2. The maximum absolute atomic E-state index is 5.37. The Bertz CT molecular complexity index is 1030. The molecule has 130 valence electrons. The summed E-state index contributed by atoms with van der Waals surface area (Å²) < 4.78 is 7.41. The van der Waals surface area contributed by atoms with Gasteiger partial charge in [0, 0.05) is 11.3 Å². The normalized spacial score (nSPS) is 11.0. The minimum atomic E-state index is 0.532. The van der Waals surface area contributed by atoms with Crippen LogP contribution < -0.4 is 0 Å². The lowest BCUT2D eigenvalue weighted by molar-refractivity contribution is 0.391. The number of hydrogen-bond acceptors (Lipinski definition) is 6. The van der Waals surface area contributed by atoms with Crippen molar-refractivity contribution in [2.24, 2.45) is 0 Å². The van der Waals surface area contributed by atoms with Gasteiger partial charge in [0.25, 0.3) is 0 Å². The number of nitrogens with zero attached hydrogens (tertiary/aromatic N) is 5. The van der Waals surface area contributed by atoms with Crippen LogP contribution >= 0.6 is 11.8 Å². The van der Waals surface area contributed by atoms with E-state index < -0.39 is 0 Å². The van der Waals surface area contributed by atoms with Gasteiger partial charge < -0.3 is 4.52 Å². The van der Waals surface area contributed by atoms with Gasteiger partial charge in [-0.2, -0.15) is 4.98 Å². The summed E-state index contributed by atoms with van der Waals surface area (Å²) in [5.74, 6) is 2.53. The van der Waals surface area contributed by atoms with Crippen molar-refractivity contribution in [3.63, 3.8) is 0 Å². The summed E-state index contributed by atoms with van der Waals surface area (Å²) in [6.07, 6.45) is 0. The molecule has 0 saturated carbocycles. The summed E-state index contributed by atoms with van der Waals surface area (Å²) in [6.45, 7) is 4.01. The minimum absolute atomic E-state index is 0.532. The molecule has 0 aliphatic carbocycles. The van der Waals surface area contributed by atoms with Crippen LogP contribution in [-0.2, 0) is 5.75 Å². The summed E-state index contributed by atoms with van der Waals surface area (Å²) >= 11 is 1.52. The summed E-state index contributed by atoms with van der Waals surface area (Å²) in [5.41, 5.74) is 3.17. The lowest BCUT2D eigenvalue weighted by atomic mass is 10.2. The van der Waals surface area contributed by atoms with Gasteiger partial charge in [0.1, 0.15) is 5.82 Å². The van der Waals surface area contributed by atoms with Crippen LogP contribution in [0.2, 0.25) is 0 Å². The predicted octanol–water partition coefficient (Wildman–Crippen LogP) is 4.23. The fourth-order valence-corrected chi connectivity index (χ4v) is 3.48. The molecule has 2 aromatic carbocycles. The first kappa shape index (κ1) is 16.5. The topological polar surface area (TPSA) is 69.6 Å². The van der Waals surface area contributed by atoms with E-state index in [0.717, 1.165) is 22.2 Å². The van der Waals surface area contributed by atoms with Crippen LogP contribution in [-0.4, -0.2) is 24.9 Å². The highest BCUT2D eigenvalue weighted by atomic mass is 32.2. The largest absolute Gasteiger partial charge is 0.338 e. The lowest BCUT2D eigenvalue weighted by Gasteiger charge is -2.08. The molecule has 0 aliphatic rings. The summed E-state index contributed by atoms with van der Waals surface area (Å²) in [4.78, 5) is 4.46. The molecular formula is C19H17N5OS. The van der Waals surface area contributed by atoms with Crippen molar-refractivity contribution in [2.75, 3.05) is 0 Å². The van der Waals surface area contributed by atoms with Gasteiger partial charge in [-0.25, -0.2) is 0 Å². The third-order valence-corrected chi connectivity index (χ3v) is 4.79. The van der Waals surface area contributed by atoms with Gasteiger partial charge in [-0.1, -0.05) is 59.4 Å². The summed E-state index contributed by atoms with van der Waals surface area (Å²) in [7, 11) is 0. The Balaban J connectivity index is 1.54. The van der Waals surface area contributed by atoms with Crippen LogP contribution in [0, 0.1) is 13.8 Å². The van der Waals surface area contributed by atoms with E-state index >= 15 is 0 Å². The molecule has 4 rings (SSSR count). The van der Waals surface area contributed by atoms with E-state index in [1.165, 1.54) is 17.3 Å². The molecule has 0 bridgehead atoms. The molecule has 0 aliphatic heterocycles. The SMILES string of the molecule is Cc1cccc(-n2c(C)nnc2SCc2nc(-c3ccccc3)no2)c1. The monoisotopic (exact) mass is 363 g/mol. The van der Waals surface area contributed by atoms with Crippen molar-refractivity contribution in [2.45, 2.75) is 24.8 Å². The summed E-state index contributed by atoms with van der Waals surface area (Å²) in [6, 6.07) is 18.0. The number of rotatable bonds is 5. The average molecular weight is 363 g/mol. The van der Waals surface area contributed by atoms with Crippen molar-refractivity contribution in [3.8, 4) is 17.1 Å². The molecule has 7 heteroatoms. The molecular weight excluding hydrogens is 346 g/mol. The Morgan fingerprint density at radius 3 is 2.65 bits per heavy atom. The molecule has 0 spiro atoms. The molecule has 0 N–H and O–H groups in total. The van der Waals surface area contributed by atoms with E-state index in [2.05, 4.69) is 39.4 Å². The average Bonchev–Trinajstić information content (AvgIpc) is 3.27. The standard InChI is InChI=1S/C19H17N5OS/c1-13-7-6-10-16(11-13)24-14(2)21-22-19(24)26-12-17-20-18(23-25-17)15-8-4-3-5-9-15/h3-11H,12H2,1-2H3. The molecule has 0 amide bonds. The number of aryl methyl sites for hydroxylation is 2. The molecule has 26 heavy (non-hydrogen) atoms. The van der Waals surface area contributed by atoms with Crippen LogP contribution in [0.3, 0.4) is 0 Å². The predicted molar refractivity (Wildman–Crippen MR) is 100 cm³/mol. The van der Waals surface area contributed by atoms with E-state index in [0.29, 0.717) is 17.5 Å². The first-order valence-electron chi connectivity index (χ1n) is 8.20. The van der Waals surface area contributed by atoms with Gasteiger partial charge in [0.2, 0.25) is 11.7 Å². The molecule has 0 saturated heterocycles. The van der Waals surface area contributed by atoms with E-state index in [-0.39, 0.29) is 0 Å². The van der Waals surface area contributed by atoms with Crippen LogP contribution in [0.5, 0.6) is 0 Å². The molecule has 2 aromatic heterocycles. The van der Waals surface area contributed by atoms with Gasteiger partial charge >= 0.3 is 0 Å². The molecule has 2 heterocycles. The van der Waals surface area contributed by atoms with Crippen LogP contribution in [0.25, 0.3) is 17.1 Å². The van der Waals surface area contributed by atoms with E-state index in [9.17, 15) is 0 Å². The Hall–Kier alpha value is -2.93. The zero-order valence-electron chi connectivity index (χ0n) is 14.5. The van der Waals surface area contributed by atoms with Crippen LogP contribution in [0.15, 0.2) is 64.3 Å². The zero-order valence-corrected chi connectivity index (χ0v) is 15.3. The van der Waals surface area contributed by atoms with Crippen LogP contribution in [0.1, 0.15) is 17.3 Å². The van der Waals surface area contributed by atoms with E-state index in [4.69, 9.17) is 4.52 Å². The van der Waals surface area contributed by atoms with Gasteiger partial charge in [0.15, 0.2) is 5.16 Å². The maximum Gasteiger partial charge on any atom is 0.237 e. The smallest absolute Gasteiger partial charge is 0.237 e.